The number of halogens is 1. The van der Waals surface area contributed by atoms with E-state index in [0.717, 1.165) is 25.9 Å². The van der Waals surface area contributed by atoms with E-state index in [1.54, 1.807) is 12.1 Å². The quantitative estimate of drug-likeness (QED) is 0.786. The standard InChI is InChI=1S/C13H15FN2O/c1-16-7-5-10(6-8-16)17-13-4-2-3-12(14)11(13)9-15/h2-4,10H,5-8H2,1H3. The Hall–Kier alpha value is -1.60. The van der Waals surface area contributed by atoms with Crippen LogP contribution < -0.4 is 4.74 Å². The summed E-state index contributed by atoms with van der Waals surface area (Å²) in [6.07, 6.45) is 1.91. The van der Waals surface area contributed by atoms with Crippen LogP contribution in [-0.2, 0) is 0 Å². The van der Waals surface area contributed by atoms with E-state index in [1.807, 2.05) is 6.07 Å². The molecule has 1 aromatic carbocycles. The molecule has 1 heterocycles. The third kappa shape index (κ3) is 2.75. The molecule has 0 atom stereocenters. The second-order valence-electron chi connectivity index (χ2n) is 4.35. The first kappa shape index (κ1) is 11.9. The predicted octanol–water partition coefficient (Wildman–Crippen LogP) is 2.17. The van der Waals surface area contributed by atoms with Gasteiger partial charge in [-0.3, -0.25) is 0 Å². The zero-order valence-corrected chi connectivity index (χ0v) is 9.82. The Bertz CT molecular complexity index is 434. The molecule has 1 aliphatic heterocycles. The number of nitriles is 1. The van der Waals surface area contributed by atoms with E-state index < -0.39 is 5.82 Å². The number of nitrogens with zero attached hydrogens (tertiary/aromatic N) is 2. The molecular weight excluding hydrogens is 219 g/mol. The topological polar surface area (TPSA) is 36.3 Å². The van der Waals surface area contributed by atoms with E-state index in [4.69, 9.17) is 10.00 Å². The molecule has 0 unspecified atom stereocenters. The number of ether oxygens (including phenoxy) is 1. The minimum Gasteiger partial charge on any atom is -0.489 e. The lowest BCUT2D eigenvalue weighted by atomic mass is 10.1. The second kappa shape index (κ2) is 5.15. The predicted molar refractivity (Wildman–Crippen MR) is 62.3 cm³/mol. The second-order valence-corrected chi connectivity index (χ2v) is 4.35. The van der Waals surface area contributed by atoms with Crippen molar-refractivity contribution in [3.05, 3.63) is 29.6 Å². The number of rotatable bonds is 2. The van der Waals surface area contributed by atoms with Crippen LogP contribution in [0.3, 0.4) is 0 Å². The zero-order valence-electron chi connectivity index (χ0n) is 9.82. The highest BCUT2D eigenvalue weighted by atomic mass is 19.1. The van der Waals surface area contributed by atoms with Crippen molar-refractivity contribution in [2.75, 3.05) is 20.1 Å². The molecule has 0 saturated carbocycles. The van der Waals surface area contributed by atoms with Gasteiger partial charge in [0.2, 0.25) is 0 Å². The molecule has 0 N–H and O–H groups in total. The maximum Gasteiger partial charge on any atom is 0.144 e. The van der Waals surface area contributed by atoms with Crippen LogP contribution in [0.25, 0.3) is 0 Å². The fourth-order valence-electron chi connectivity index (χ4n) is 1.99. The summed E-state index contributed by atoms with van der Waals surface area (Å²) in [7, 11) is 2.07. The average Bonchev–Trinajstić information content (AvgIpc) is 2.32. The summed E-state index contributed by atoms with van der Waals surface area (Å²) < 4.78 is 19.1. The van der Waals surface area contributed by atoms with Crippen molar-refractivity contribution >= 4 is 0 Å². The van der Waals surface area contributed by atoms with Crippen LogP contribution in [0.15, 0.2) is 18.2 Å². The Morgan fingerprint density at radius 2 is 2.12 bits per heavy atom. The molecule has 0 spiro atoms. The van der Waals surface area contributed by atoms with Crippen LogP contribution in [-0.4, -0.2) is 31.1 Å². The van der Waals surface area contributed by atoms with Gasteiger partial charge in [-0.25, -0.2) is 4.39 Å². The van der Waals surface area contributed by atoms with Crippen molar-refractivity contribution in [2.45, 2.75) is 18.9 Å². The number of benzene rings is 1. The summed E-state index contributed by atoms with van der Waals surface area (Å²) in [6.45, 7) is 1.95. The monoisotopic (exact) mass is 234 g/mol. The van der Waals surface area contributed by atoms with E-state index in [0.29, 0.717) is 5.75 Å². The first-order valence-electron chi connectivity index (χ1n) is 5.74. The smallest absolute Gasteiger partial charge is 0.144 e. The van der Waals surface area contributed by atoms with Crippen molar-refractivity contribution < 1.29 is 9.13 Å². The Morgan fingerprint density at radius 3 is 2.76 bits per heavy atom. The third-order valence-electron chi connectivity index (χ3n) is 3.05. The van der Waals surface area contributed by atoms with E-state index in [1.165, 1.54) is 6.07 Å². The van der Waals surface area contributed by atoms with Crippen LogP contribution in [0.2, 0.25) is 0 Å². The van der Waals surface area contributed by atoms with Gasteiger partial charge in [0.15, 0.2) is 0 Å². The van der Waals surface area contributed by atoms with Gasteiger partial charge in [-0.1, -0.05) is 6.07 Å². The lowest BCUT2D eigenvalue weighted by Gasteiger charge is -2.29. The molecule has 17 heavy (non-hydrogen) atoms. The summed E-state index contributed by atoms with van der Waals surface area (Å²) >= 11 is 0. The average molecular weight is 234 g/mol. The number of hydrogen-bond acceptors (Lipinski definition) is 3. The van der Waals surface area contributed by atoms with Gasteiger partial charge in [-0.05, 0) is 32.0 Å². The zero-order chi connectivity index (χ0) is 12.3. The largest absolute Gasteiger partial charge is 0.489 e. The van der Waals surface area contributed by atoms with Crippen LogP contribution in [0.4, 0.5) is 4.39 Å². The van der Waals surface area contributed by atoms with Crippen molar-refractivity contribution in [1.82, 2.24) is 4.90 Å². The Labute approximate surface area is 100 Å². The molecule has 0 bridgehead atoms. The molecule has 1 saturated heterocycles. The maximum atomic E-state index is 13.4. The normalized spacial score (nSPS) is 17.7. The third-order valence-corrected chi connectivity index (χ3v) is 3.05. The molecule has 0 aliphatic carbocycles. The van der Waals surface area contributed by atoms with Crippen LogP contribution in [0, 0.1) is 17.1 Å². The van der Waals surface area contributed by atoms with Gasteiger partial charge in [-0.2, -0.15) is 5.26 Å². The molecule has 0 amide bonds. The molecule has 90 valence electrons. The van der Waals surface area contributed by atoms with E-state index in [-0.39, 0.29) is 11.7 Å². The summed E-state index contributed by atoms with van der Waals surface area (Å²) in [5.41, 5.74) is 0.00595. The summed E-state index contributed by atoms with van der Waals surface area (Å²) in [4.78, 5) is 2.23. The molecule has 3 nitrogen and oxygen atoms in total. The van der Waals surface area contributed by atoms with Crippen LogP contribution in [0.1, 0.15) is 18.4 Å². The van der Waals surface area contributed by atoms with Gasteiger partial charge in [-0.15, -0.1) is 0 Å². The van der Waals surface area contributed by atoms with Gasteiger partial charge >= 0.3 is 0 Å². The molecule has 2 rings (SSSR count). The lowest BCUT2D eigenvalue weighted by Crippen LogP contribution is -2.35. The van der Waals surface area contributed by atoms with Gasteiger partial charge in [0.25, 0.3) is 0 Å². The summed E-state index contributed by atoms with van der Waals surface area (Å²) in [5, 5.41) is 8.89. The first-order valence-corrected chi connectivity index (χ1v) is 5.74. The van der Waals surface area contributed by atoms with E-state index in [2.05, 4.69) is 11.9 Å². The molecule has 1 aliphatic rings. The van der Waals surface area contributed by atoms with Crippen molar-refractivity contribution in [1.29, 1.82) is 5.26 Å². The lowest BCUT2D eigenvalue weighted by molar-refractivity contribution is 0.113. The molecule has 0 aromatic heterocycles. The SMILES string of the molecule is CN1CCC(Oc2cccc(F)c2C#N)CC1. The highest BCUT2D eigenvalue weighted by Gasteiger charge is 2.20. The van der Waals surface area contributed by atoms with Crippen molar-refractivity contribution in [2.24, 2.45) is 0 Å². The molecule has 4 heteroatoms. The Balaban J connectivity index is 2.09. The summed E-state index contributed by atoms with van der Waals surface area (Å²) in [6, 6.07) is 6.35. The van der Waals surface area contributed by atoms with E-state index in [9.17, 15) is 4.39 Å². The summed E-state index contributed by atoms with van der Waals surface area (Å²) in [5.74, 6) is -0.153. The van der Waals surface area contributed by atoms with Gasteiger partial charge in [0.1, 0.15) is 29.3 Å². The fraction of sp³-hybridized carbons (Fsp3) is 0.462. The fourth-order valence-corrected chi connectivity index (χ4v) is 1.99. The van der Waals surface area contributed by atoms with Gasteiger partial charge < -0.3 is 9.64 Å². The molecule has 1 fully saturated rings. The Morgan fingerprint density at radius 1 is 1.41 bits per heavy atom. The highest BCUT2D eigenvalue weighted by molar-refractivity contribution is 5.43. The first-order chi connectivity index (χ1) is 8.20. The van der Waals surface area contributed by atoms with Gasteiger partial charge in [0.05, 0.1) is 0 Å². The number of piperidine rings is 1. The molecular formula is C13H15FN2O. The van der Waals surface area contributed by atoms with Gasteiger partial charge in [0, 0.05) is 13.1 Å². The highest BCUT2D eigenvalue weighted by Crippen LogP contribution is 2.24. The molecule has 0 radical (unpaired) electrons. The van der Waals surface area contributed by atoms with Crippen molar-refractivity contribution in [3.63, 3.8) is 0 Å². The van der Waals surface area contributed by atoms with E-state index >= 15 is 0 Å². The van der Waals surface area contributed by atoms with Crippen molar-refractivity contribution in [3.8, 4) is 11.8 Å². The van der Waals surface area contributed by atoms with Crippen LogP contribution in [0.5, 0.6) is 5.75 Å². The van der Waals surface area contributed by atoms with Crippen LogP contribution >= 0.6 is 0 Å². The minimum atomic E-state index is -0.516. The Kier molecular flexibility index (Phi) is 3.60. The number of likely N-dealkylation sites (tertiary alicyclic amines) is 1. The number of hydrogen-bond donors (Lipinski definition) is 0. The minimum absolute atomic E-state index is 0.00595. The maximum absolute atomic E-state index is 13.4. The molecule has 1 aromatic rings.